The molecule has 1 saturated heterocycles. The molecular formula is C10H11ClF3N3O. The second kappa shape index (κ2) is 4.89. The third-order valence-corrected chi connectivity index (χ3v) is 2.92. The summed E-state index contributed by atoms with van der Waals surface area (Å²) in [5.41, 5.74) is 0. The van der Waals surface area contributed by atoms with Gasteiger partial charge in [-0.3, -0.25) is 0 Å². The summed E-state index contributed by atoms with van der Waals surface area (Å²) in [4.78, 5) is 8.31. The summed E-state index contributed by atoms with van der Waals surface area (Å²) in [6, 6.07) is 1.30. The fourth-order valence-corrected chi connectivity index (χ4v) is 1.97. The number of nitrogens with zero attached hydrogens (tertiary/aromatic N) is 3. The quantitative estimate of drug-likeness (QED) is 0.801. The number of hydrogen-bond donors (Lipinski definition) is 1. The first-order chi connectivity index (χ1) is 8.36. The van der Waals surface area contributed by atoms with Crippen LogP contribution < -0.4 is 4.90 Å². The van der Waals surface area contributed by atoms with Crippen molar-refractivity contribution in [3.05, 3.63) is 17.0 Å². The number of aromatic nitrogens is 2. The first-order valence-corrected chi connectivity index (χ1v) is 5.79. The van der Waals surface area contributed by atoms with E-state index < -0.39 is 18.1 Å². The van der Waals surface area contributed by atoms with Crippen molar-refractivity contribution < 1.29 is 18.3 Å². The number of halogens is 4. The summed E-state index contributed by atoms with van der Waals surface area (Å²) in [6.45, 7) is 0.900. The minimum absolute atomic E-state index is 0.147. The first kappa shape index (κ1) is 13.4. The molecule has 0 spiro atoms. The van der Waals surface area contributed by atoms with Crippen molar-refractivity contribution in [1.29, 1.82) is 0 Å². The lowest BCUT2D eigenvalue weighted by Gasteiger charge is -2.30. The smallest absolute Gasteiger partial charge is 0.393 e. The molecule has 1 aromatic heterocycles. The van der Waals surface area contributed by atoms with Gasteiger partial charge in [0, 0.05) is 19.2 Å². The maximum Gasteiger partial charge on any atom is 0.451 e. The van der Waals surface area contributed by atoms with Gasteiger partial charge in [0.1, 0.15) is 11.0 Å². The van der Waals surface area contributed by atoms with Gasteiger partial charge in [-0.05, 0) is 12.8 Å². The molecule has 2 heterocycles. The molecule has 0 atom stereocenters. The summed E-state index contributed by atoms with van der Waals surface area (Å²) in [6.07, 6.45) is -4.01. The lowest BCUT2D eigenvalue weighted by Crippen LogP contribution is -2.36. The van der Waals surface area contributed by atoms with Gasteiger partial charge in [-0.1, -0.05) is 11.6 Å². The molecular weight excluding hydrogens is 271 g/mol. The molecule has 1 N–H and O–H groups in total. The SMILES string of the molecule is OC1CCN(c2cc(Cl)nc(C(F)(F)F)n2)CC1. The van der Waals surface area contributed by atoms with Crippen LogP contribution in [0.2, 0.25) is 5.15 Å². The fraction of sp³-hybridized carbons (Fsp3) is 0.600. The summed E-state index contributed by atoms with van der Waals surface area (Å²) in [7, 11) is 0. The Morgan fingerprint density at radius 1 is 1.28 bits per heavy atom. The number of hydrogen-bond acceptors (Lipinski definition) is 4. The minimum Gasteiger partial charge on any atom is -0.393 e. The van der Waals surface area contributed by atoms with Crippen molar-refractivity contribution in [2.75, 3.05) is 18.0 Å². The van der Waals surface area contributed by atoms with Crippen LogP contribution in [0.4, 0.5) is 19.0 Å². The van der Waals surface area contributed by atoms with E-state index in [1.807, 2.05) is 0 Å². The average Bonchev–Trinajstić information content (AvgIpc) is 2.28. The van der Waals surface area contributed by atoms with Crippen molar-refractivity contribution in [1.82, 2.24) is 9.97 Å². The zero-order valence-corrected chi connectivity index (χ0v) is 10.0. The van der Waals surface area contributed by atoms with Gasteiger partial charge in [-0.15, -0.1) is 0 Å². The second-order valence-electron chi connectivity index (χ2n) is 4.09. The predicted octanol–water partition coefficient (Wildman–Crippen LogP) is 2.11. The number of alkyl halides is 3. The zero-order chi connectivity index (χ0) is 13.3. The summed E-state index contributed by atoms with van der Waals surface area (Å²) in [5, 5.41) is 9.11. The molecule has 1 aliphatic rings. The van der Waals surface area contributed by atoms with Crippen molar-refractivity contribution in [2.24, 2.45) is 0 Å². The molecule has 0 amide bonds. The summed E-state index contributed by atoms with van der Waals surface area (Å²) in [5.74, 6) is -1.09. The lowest BCUT2D eigenvalue weighted by atomic mass is 10.1. The molecule has 0 aromatic carbocycles. The highest BCUT2D eigenvalue weighted by Crippen LogP contribution is 2.29. The zero-order valence-electron chi connectivity index (χ0n) is 9.28. The molecule has 0 saturated carbocycles. The average molecular weight is 282 g/mol. The molecule has 2 rings (SSSR count). The summed E-state index contributed by atoms with van der Waals surface area (Å²) >= 11 is 5.58. The molecule has 0 radical (unpaired) electrons. The van der Waals surface area contributed by atoms with Gasteiger partial charge >= 0.3 is 6.18 Å². The van der Waals surface area contributed by atoms with Crippen molar-refractivity contribution in [3.8, 4) is 0 Å². The Labute approximate surface area is 106 Å². The number of aliphatic hydroxyl groups is 1. The Kier molecular flexibility index (Phi) is 3.63. The highest BCUT2D eigenvalue weighted by atomic mass is 35.5. The van der Waals surface area contributed by atoms with E-state index in [2.05, 4.69) is 9.97 Å². The molecule has 0 bridgehead atoms. The van der Waals surface area contributed by atoms with Gasteiger partial charge in [0.05, 0.1) is 6.10 Å². The molecule has 4 nitrogen and oxygen atoms in total. The van der Waals surface area contributed by atoms with Crippen molar-refractivity contribution in [2.45, 2.75) is 25.1 Å². The number of rotatable bonds is 1. The van der Waals surface area contributed by atoms with Gasteiger partial charge in [0.15, 0.2) is 0 Å². The van der Waals surface area contributed by atoms with E-state index in [0.717, 1.165) is 0 Å². The Morgan fingerprint density at radius 3 is 2.44 bits per heavy atom. The van der Waals surface area contributed by atoms with Crippen molar-refractivity contribution >= 4 is 17.4 Å². The van der Waals surface area contributed by atoms with Gasteiger partial charge in [0.25, 0.3) is 0 Å². The fourth-order valence-electron chi connectivity index (χ4n) is 1.79. The van der Waals surface area contributed by atoms with Crippen LogP contribution in [0.5, 0.6) is 0 Å². The van der Waals surface area contributed by atoms with Crippen LogP contribution >= 0.6 is 11.6 Å². The van der Waals surface area contributed by atoms with Crippen LogP contribution in [0.1, 0.15) is 18.7 Å². The van der Waals surface area contributed by atoms with Crippen molar-refractivity contribution in [3.63, 3.8) is 0 Å². The molecule has 1 fully saturated rings. The molecule has 0 aliphatic carbocycles. The second-order valence-corrected chi connectivity index (χ2v) is 4.48. The standard InChI is InChI=1S/C10H11ClF3N3O/c11-7-5-8(16-9(15-7)10(12,13)14)17-3-1-6(18)2-4-17/h5-6,18H,1-4H2. The third-order valence-electron chi connectivity index (χ3n) is 2.72. The lowest BCUT2D eigenvalue weighted by molar-refractivity contribution is -0.144. The monoisotopic (exact) mass is 281 g/mol. The van der Waals surface area contributed by atoms with E-state index in [9.17, 15) is 18.3 Å². The summed E-state index contributed by atoms with van der Waals surface area (Å²) < 4.78 is 37.6. The van der Waals surface area contributed by atoms with Crippen LogP contribution in [-0.4, -0.2) is 34.3 Å². The molecule has 0 unspecified atom stereocenters. The van der Waals surface area contributed by atoms with E-state index in [0.29, 0.717) is 25.9 Å². The number of anilines is 1. The Bertz CT molecular complexity index is 433. The van der Waals surface area contributed by atoms with Gasteiger partial charge < -0.3 is 10.0 Å². The maximum atomic E-state index is 12.5. The maximum absolute atomic E-state index is 12.5. The van der Waals surface area contributed by atoms with E-state index in [-0.39, 0.29) is 11.0 Å². The van der Waals surface area contributed by atoms with Gasteiger partial charge in [-0.2, -0.15) is 13.2 Å². The molecule has 8 heteroatoms. The number of piperidine rings is 1. The van der Waals surface area contributed by atoms with E-state index in [4.69, 9.17) is 11.6 Å². The van der Waals surface area contributed by atoms with Crippen LogP contribution in [-0.2, 0) is 6.18 Å². The van der Waals surface area contributed by atoms with E-state index in [1.54, 1.807) is 4.90 Å². The number of aliphatic hydroxyl groups excluding tert-OH is 1. The molecule has 100 valence electrons. The first-order valence-electron chi connectivity index (χ1n) is 5.41. The highest BCUT2D eigenvalue weighted by Gasteiger charge is 2.36. The Balaban J connectivity index is 2.25. The largest absolute Gasteiger partial charge is 0.451 e. The minimum atomic E-state index is -4.62. The highest BCUT2D eigenvalue weighted by molar-refractivity contribution is 6.29. The normalized spacial score (nSPS) is 18.2. The van der Waals surface area contributed by atoms with E-state index in [1.165, 1.54) is 6.07 Å². The van der Waals surface area contributed by atoms with Crippen LogP contribution in [0, 0.1) is 0 Å². The third kappa shape index (κ3) is 3.02. The van der Waals surface area contributed by atoms with Crippen LogP contribution in [0.3, 0.4) is 0 Å². The molecule has 1 aromatic rings. The predicted molar refractivity (Wildman–Crippen MR) is 59.5 cm³/mol. The van der Waals surface area contributed by atoms with E-state index >= 15 is 0 Å². The molecule has 18 heavy (non-hydrogen) atoms. The Hall–Kier alpha value is -1.08. The molecule has 1 aliphatic heterocycles. The van der Waals surface area contributed by atoms with Gasteiger partial charge in [-0.25, -0.2) is 9.97 Å². The topological polar surface area (TPSA) is 49.2 Å². The Morgan fingerprint density at radius 2 is 1.89 bits per heavy atom. The van der Waals surface area contributed by atoms with Crippen LogP contribution in [0.25, 0.3) is 0 Å². The van der Waals surface area contributed by atoms with Crippen LogP contribution in [0.15, 0.2) is 6.07 Å². The van der Waals surface area contributed by atoms with Gasteiger partial charge in [0.2, 0.25) is 5.82 Å².